The van der Waals surface area contributed by atoms with E-state index in [2.05, 4.69) is 32.2 Å². The van der Waals surface area contributed by atoms with Gasteiger partial charge >= 0.3 is 11.9 Å². The Morgan fingerprint density at radius 1 is 1.10 bits per heavy atom. The molecular weight excluding hydrogens is 284 g/mol. The average molecular weight is 308 g/mol. The highest BCUT2D eigenvalue weighted by molar-refractivity contribution is 6.91. The van der Waals surface area contributed by atoms with Crippen LogP contribution in [0.4, 0.5) is 0 Å². The van der Waals surface area contributed by atoms with Gasteiger partial charge in [-0.05, 0) is 5.54 Å². The predicted octanol–water partition coefficient (Wildman–Crippen LogP) is 2.49. The van der Waals surface area contributed by atoms with Crippen LogP contribution in [-0.4, -0.2) is 32.7 Å². The van der Waals surface area contributed by atoms with E-state index in [1.807, 2.05) is 18.2 Å². The predicted molar refractivity (Wildman–Crippen MR) is 85.2 cm³/mol. The highest BCUT2D eigenvalue weighted by Crippen LogP contribution is 2.27. The van der Waals surface area contributed by atoms with Crippen molar-refractivity contribution in [3.05, 3.63) is 30.3 Å². The molecule has 0 unspecified atom stereocenters. The molecule has 0 aromatic heterocycles. The summed E-state index contributed by atoms with van der Waals surface area (Å²) < 4.78 is 10.5. The first kappa shape index (κ1) is 17.4. The molecular formula is C16H24O4Si. The summed E-state index contributed by atoms with van der Waals surface area (Å²) in [6, 6.07) is 10.2. The molecule has 2 atom stereocenters. The SMILES string of the molecule is CC(=O)OC[C@H](OC(C)=O)[C@H](C)[Si](C)(C)c1ccccc1. The third kappa shape index (κ3) is 5.01. The van der Waals surface area contributed by atoms with Crippen LogP contribution in [0.2, 0.25) is 18.6 Å². The quantitative estimate of drug-likeness (QED) is 0.598. The molecule has 0 N–H and O–H groups in total. The lowest BCUT2D eigenvalue weighted by Gasteiger charge is -2.35. The summed E-state index contributed by atoms with van der Waals surface area (Å²) >= 11 is 0. The first-order valence-corrected chi connectivity index (χ1v) is 10.2. The highest BCUT2D eigenvalue weighted by atomic mass is 28.3. The molecule has 0 heterocycles. The molecule has 0 amide bonds. The third-order valence-electron chi connectivity index (χ3n) is 3.98. The summed E-state index contributed by atoms with van der Waals surface area (Å²) in [5.74, 6) is -0.713. The molecule has 0 saturated heterocycles. The van der Waals surface area contributed by atoms with Crippen molar-refractivity contribution in [1.29, 1.82) is 0 Å². The fraction of sp³-hybridized carbons (Fsp3) is 0.500. The van der Waals surface area contributed by atoms with Gasteiger partial charge in [0, 0.05) is 13.8 Å². The Kier molecular flexibility index (Phi) is 6.14. The van der Waals surface area contributed by atoms with Gasteiger partial charge in [0.15, 0.2) is 0 Å². The number of ether oxygens (including phenoxy) is 2. The van der Waals surface area contributed by atoms with Crippen LogP contribution >= 0.6 is 0 Å². The number of carbonyl (C=O) groups excluding carboxylic acids is 2. The Balaban J connectivity index is 2.94. The minimum atomic E-state index is -1.85. The molecule has 0 aliphatic rings. The number of esters is 2. The minimum Gasteiger partial charge on any atom is -0.462 e. The fourth-order valence-corrected chi connectivity index (χ4v) is 4.96. The molecule has 0 spiro atoms. The van der Waals surface area contributed by atoms with Gasteiger partial charge < -0.3 is 9.47 Å². The van der Waals surface area contributed by atoms with Crippen LogP contribution in [0.1, 0.15) is 20.8 Å². The Labute approximate surface area is 127 Å². The van der Waals surface area contributed by atoms with Crippen LogP contribution in [0.25, 0.3) is 0 Å². The van der Waals surface area contributed by atoms with Crippen LogP contribution in [0.15, 0.2) is 30.3 Å². The normalized spacial score (nSPS) is 14.1. The van der Waals surface area contributed by atoms with Gasteiger partial charge in [0.2, 0.25) is 0 Å². The number of carbonyl (C=O) groups is 2. The number of hydrogen-bond donors (Lipinski definition) is 0. The summed E-state index contributed by atoms with van der Waals surface area (Å²) in [5, 5.41) is 1.29. The second kappa shape index (κ2) is 7.40. The molecule has 4 nitrogen and oxygen atoms in total. The Bertz CT molecular complexity index is 484. The summed E-state index contributed by atoms with van der Waals surface area (Å²) in [5.41, 5.74) is 0.128. The average Bonchev–Trinajstić information content (AvgIpc) is 2.43. The zero-order valence-corrected chi connectivity index (χ0v) is 14.4. The fourth-order valence-electron chi connectivity index (χ4n) is 2.29. The standard InChI is InChI=1S/C16H24O4Si/c1-12(16(20-14(3)18)11-19-13(2)17)21(4,5)15-9-7-6-8-10-15/h6-10,12,16H,11H2,1-5H3/t12-,16-/m0/s1. The lowest BCUT2D eigenvalue weighted by atomic mass is 10.3. The third-order valence-corrected chi connectivity index (χ3v) is 8.45. The van der Waals surface area contributed by atoms with Crippen molar-refractivity contribution in [2.75, 3.05) is 6.61 Å². The summed E-state index contributed by atoms with van der Waals surface area (Å²) in [6.07, 6.45) is -0.409. The second-order valence-electron chi connectivity index (χ2n) is 5.83. The van der Waals surface area contributed by atoms with E-state index in [9.17, 15) is 9.59 Å². The highest BCUT2D eigenvalue weighted by Gasteiger charge is 2.37. The molecule has 0 bridgehead atoms. The Hall–Kier alpha value is -1.62. The van der Waals surface area contributed by atoms with E-state index in [1.54, 1.807) is 0 Å². The molecule has 0 saturated carbocycles. The van der Waals surface area contributed by atoms with Gasteiger partial charge in [-0.25, -0.2) is 0 Å². The van der Waals surface area contributed by atoms with Crippen molar-refractivity contribution in [3.63, 3.8) is 0 Å². The molecule has 0 aliphatic carbocycles. The van der Waals surface area contributed by atoms with Crippen molar-refractivity contribution in [2.45, 2.75) is 45.5 Å². The van der Waals surface area contributed by atoms with Crippen molar-refractivity contribution >= 4 is 25.2 Å². The first-order chi connectivity index (χ1) is 9.75. The van der Waals surface area contributed by atoms with Crippen LogP contribution < -0.4 is 5.19 Å². The van der Waals surface area contributed by atoms with E-state index in [4.69, 9.17) is 9.47 Å². The van der Waals surface area contributed by atoms with Crippen molar-refractivity contribution < 1.29 is 19.1 Å². The maximum absolute atomic E-state index is 11.3. The molecule has 1 aromatic carbocycles. The van der Waals surface area contributed by atoms with Gasteiger partial charge in [0.1, 0.15) is 12.7 Å². The van der Waals surface area contributed by atoms with Crippen molar-refractivity contribution in [3.8, 4) is 0 Å². The lowest BCUT2D eigenvalue weighted by Crippen LogP contribution is -2.50. The van der Waals surface area contributed by atoms with Gasteiger partial charge in [0.25, 0.3) is 0 Å². The first-order valence-electron chi connectivity index (χ1n) is 7.11. The molecule has 0 fully saturated rings. The van der Waals surface area contributed by atoms with Gasteiger partial charge in [0.05, 0.1) is 8.07 Å². The number of rotatable bonds is 6. The monoisotopic (exact) mass is 308 g/mol. The van der Waals surface area contributed by atoms with Gasteiger partial charge in [-0.15, -0.1) is 0 Å². The Morgan fingerprint density at radius 3 is 2.14 bits per heavy atom. The topological polar surface area (TPSA) is 52.6 Å². The van der Waals surface area contributed by atoms with E-state index in [-0.39, 0.29) is 24.1 Å². The minimum absolute atomic E-state index is 0.110. The molecule has 5 heteroatoms. The van der Waals surface area contributed by atoms with Crippen molar-refractivity contribution in [1.82, 2.24) is 0 Å². The maximum atomic E-state index is 11.3. The van der Waals surface area contributed by atoms with Crippen LogP contribution in [0.5, 0.6) is 0 Å². The molecule has 1 rings (SSSR count). The molecule has 0 aliphatic heterocycles. The molecule has 21 heavy (non-hydrogen) atoms. The van der Waals surface area contributed by atoms with Crippen LogP contribution in [0, 0.1) is 0 Å². The summed E-state index contributed by atoms with van der Waals surface area (Å²) in [4.78, 5) is 22.3. The number of benzene rings is 1. The smallest absolute Gasteiger partial charge is 0.303 e. The van der Waals surface area contributed by atoms with E-state index in [0.717, 1.165) is 0 Å². The Morgan fingerprint density at radius 2 is 1.67 bits per heavy atom. The summed E-state index contributed by atoms with van der Waals surface area (Å²) in [6.45, 7) is 9.38. The zero-order chi connectivity index (χ0) is 16.0. The van der Waals surface area contributed by atoms with E-state index in [1.165, 1.54) is 19.0 Å². The lowest BCUT2D eigenvalue weighted by molar-refractivity contribution is -0.156. The number of hydrogen-bond acceptors (Lipinski definition) is 4. The van der Waals surface area contributed by atoms with Gasteiger partial charge in [-0.1, -0.05) is 55.5 Å². The zero-order valence-electron chi connectivity index (χ0n) is 13.4. The molecule has 0 radical (unpaired) electrons. The molecule has 1 aromatic rings. The largest absolute Gasteiger partial charge is 0.462 e. The van der Waals surface area contributed by atoms with Gasteiger partial charge in [-0.3, -0.25) is 9.59 Å². The van der Waals surface area contributed by atoms with E-state index in [0.29, 0.717) is 0 Å². The van der Waals surface area contributed by atoms with Crippen molar-refractivity contribution in [2.24, 2.45) is 0 Å². The van der Waals surface area contributed by atoms with E-state index >= 15 is 0 Å². The van der Waals surface area contributed by atoms with E-state index < -0.39 is 14.2 Å². The van der Waals surface area contributed by atoms with Crippen LogP contribution in [-0.2, 0) is 19.1 Å². The maximum Gasteiger partial charge on any atom is 0.303 e. The van der Waals surface area contributed by atoms with Gasteiger partial charge in [-0.2, -0.15) is 0 Å². The van der Waals surface area contributed by atoms with Crippen LogP contribution in [0.3, 0.4) is 0 Å². The summed E-state index contributed by atoms with van der Waals surface area (Å²) in [7, 11) is -1.85. The molecule has 116 valence electrons. The second-order valence-corrected chi connectivity index (χ2v) is 10.8.